The van der Waals surface area contributed by atoms with Crippen LogP contribution in [0.15, 0.2) is 54.6 Å². The Morgan fingerprint density at radius 2 is 1.93 bits per heavy atom. The van der Waals surface area contributed by atoms with E-state index >= 15 is 0 Å². The predicted octanol–water partition coefficient (Wildman–Crippen LogP) is 4.32. The number of nitro benzene ring substituents is 1. The molecule has 146 valence electrons. The minimum Gasteiger partial charge on any atom is -0.362 e. The third-order valence-electron chi connectivity index (χ3n) is 4.67. The molecular weight excluding hydrogens is 375 g/mol. The Labute approximate surface area is 165 Å². The molecule has 29 heavy (non-hydrogen) atoms. The quantitative estimate of drug-likeness (QED) is 0.401. The third-order valence-corrected chi connectivity index (χ3v) is 4.67. The second-order valence-corrected chi connectivity index (χ2v) is 6.66. The van der Waals surface area contributed by atoms with Crippen molar-refractivity contribution in [1.29, 1.82) is 0 Å². The summed E-state index contributed by atoms with van der Waals surface area (Å²) in [6.07, 6.45) is 0. The van der Waals surface area contributed by atoms with Gasteiger partial charge in [0.15, 0.2) is 11.5 Å². The van der Waals surface area contributed by atoms with E-state index in [0.717, 1.165) is 5.56 Å². The number of nitrogens with one attached hydrogen (secondary N) is 1. The van der Waals surface area contributed by atoms with Gasteiger partial charge in [0.2, 0.25) is 0 Å². The van der Waals surface area contributed by atoms with Crippen LogP contribution in [0.4, 0.5) is 15.9 Å². The fourth-order valence-corrected chi connectivity index (χ4v) is 3.07. The number of hydrogen-bond donors (Lipinski definition) is 1. The number of anilines is 1. The highest BCUT2D eigenvalue weighted by Gasteiger charge is 2.16. The predicted molar refractivity (Wildman–Crippen MR) is 106 cm³/mol. The van der Waals surface area contributed by atoms with Crippen LogP contribution in [0.2, 0.25) is 0 Å². The number of aromatic nitrogens is 4. The van der Waals surface area contributed by atoms with Crippen molar-refractivity contribution in [3.05, 3.63) is 81.7 Å². The van der Waals surface area contributed by atoms with Crippen molar-refractivity contribution in [2.75, 3.05) is 5.32 Å². The molecule has 4 aromatic rings. The van der Waals surface area contributed by atoms with E-state index in [4.69, 9.17) is 0 Å². The van der Waals surface area contributed by atoms with Crippen LogP contribution in [0.3, 0.4) is 0 Å². The van der Waals surface area contributed by atoms with E-state index in [9.17, 15) is 14.5 Å². The number of aryl methyl sites for hydroxylation is 1. The van der Waals surface area contributed by atoms with Crippen molar-refractivity contribution in [3.63, 3.8) is 0 Å². The molecule has 0 bridgehead atoms. The summed E-state index contributed by atoms with van der Waals surface area (Å²) in [5.41, 5.74) is 2.20. The molecule has 2 heterocycles. The average Bonchev–Trinajstić information content (AvgIpc) is 3.11. The number of benzene rings is 2. The number of hydrogen-bond acceptors (Lipinski definition) is 6. The summed E-state index contributed by atoms with van der Waals surface area (Å²) < 4.78 is 15.6. The fraction of sp³-hybridized carbons (Fsp3) is 0.150. The lowest BCUT2D eigenvalue weighted by Gasteiger charge is -2.15. The molecule has 9 heteroatoms. The smallest absolute Gasteiger partial charge is 0.272 e. The Bertz CT molecular complexity index is 1220. The maximum atomic E-state index is 14.2. The summed E-state index contributed by atoms with van der Waals surface area (Å²) in [6, 6.07) is 14.6. The first-order valence-electron chi connectivity index (χ1n) is 8.93. The van der Waals surface area contributed by atoms with E-state index in [1.165, 1.54) is 10.6 Å². The van der Waals surface area contributed by atoms with Gasteiger partial charge in [0.1, 0.15) is 11.6 Å². The molecule has 1 N–H and O–H groups in total. The van der Waals surface area contributed by atoms with Gasteiger partial charge in [0.25, 0.3) is 5.69 Å². The Hall–Kier alpha value is -3.88. The maximum absolute atomic E-state index is 14.2. The summed E-state index contributed by atoms with van der Waals surface area (Å²) in [5, 5.41) is 27.0. The molecule has 0 saturated heterocycles. The molecular formula is C20H17FN6O2. The molecule has 0 aliphatic rings. The zero-order valence-corrected chi connectivity index (χ0v) is 15.7. The first-order chi connectivity index (χ1) is 13.9. The van der Waals surface area contributed by atoms with Crippen LogP contribution < -0.4 is 5.32 Å². The topological polar surface area (TPSA) is 98.2 Å². The molecule has 2 aromatic carbocycles. The Balaban J connectivity index is 1.67. The summed E-state index contributed by atoms with van der Waals surface area (Å²) in [5.74, 6) is 0.383. The van der Waals surface area contributed by atoms with Crippen molar-refractivity contribution in [3.8, 4) is 11.4 Å². The van der Waals surface area contributed by atoms with Gasteiger partial charge in [0, 0.05) is 11.6 Å². The SMILES string of the molecule is Cc1ccc(C(C)Nc2ccc3nnc(-c4ccccc4F)n3n2)cc1[N+](=O)[O-]. The number of nitrogens with zero attached hydrogens (tertiary/aromatic N) is 5. The molecule has 0 saturated carbocycles. The highest BCUT2D eigenvalue weighted by molar-refractivity contribution is 5.60. The minimum atomic E-state index is -0.415. The normalized spacial score (nSPS) is 12.1. The first-order valence-corrected chi connectivity index (χ1v) is 8.93. The summed E-state index contributed by atoms with van der Waals surface area (Å²) in [6.45, 7) is 3.58. The molecule has 0 amide bonds. The number of halogens is 1. The highest BCUT2D eigenvalue weighted by atomic mass is 19.1. The van der Waals surface area contributed by atoms with Gasteiger partial charge in [-0.3, -0.25) is 10.1 Å². The molecule has 0 fully saturated rings. The second-order valence-electron chi connectivity index (χ2n) is 6.66. The van der Waals surface area contributed by atoms with E-state index in [-0.39, 0.29) is 11.7 Å². The van der Waals surface area contributed by atoms with E-state index < -0.39 is 10.7 Å². The van der Waals surface area contributed by atoms with Crippen molar-refractivity contribution < 1.29 is 9.31 Å². The molecule has 0 radical (unpaired) electrons. The number of nitro groups is 1. The molecule has 2 aromatic heterocycles. The molecule has 1 unspecified atom stereocenters. The van der Waals surface area contributed by atoms with Crippen LogP contribution in [0, 0.1) is 22.9 Å². The lowest BCUT2D eigenvalue weighted by molar-refractivity contribution is -0.385. The fourth-order valence-electron chi connectivity index (χ4n) is 3.07. The van der Waals surface area contributed by atoms with Crippen LogP contribution in [-0.2, 0) is 0 Å². The van der Waals surface area contributed by atoms with Gasteiger partial charge in [-0.05, 0) is 43.7 Å². The van der Waals surface area contributed by atoms with Crippen molar-refractivity contribution in [2.24, 2.45) is 0 Å². The number of fused-ring (bicyclic) bond motifs is 1. The van der Waals surface area contributed by atoms with Gasteiger partial charge in [0.05, 0.1) is 16.5 Å². The van der Waals surface area contributed by atoms with Crippen LogP contribution in [0.25, 0.3) is 17.0 Å². The molecule has 1 atom stereocenters. The van der Waals surface area contributed by atoms with Gasteiger partial charge >= 0.3 is 0 Å². The van der Waals surface area contributed by atoms with Gasteiger partial charge in [-0.25, -0.2) is 4.39 Å². The zero-order chi connectivity index (χ0) is 20.5. The largest absolute Gasteiger partial charge is 0.362 e. The monoisotopic (exact) mass is 392 g/mol. The Morgan fingerprint density at radius 3 is 2.69 bits per heavy atom. The molecule has 4 rings (SSSR count). The van der Waals surface area contributed by atoms with Crippen LogP contribution in [0.5, 0.6) is 0 Å². The van der Waals surface area contributed by atoms with Crippen molar-refractivity contribution >= 4 is 17.2 Å². The van der Waals surface area contributed by atoms with Crippen LogP contribution in [0.1, 0.15) is 24.1 Å². The third kappa shape index (κ3) is 3.49. The van der Waals surface area contributed by atoms with Crippen molar-refractivity contribution in [2.45, 2.75) is 19.9 Å². The maximum Gasteiger partial charge on any atom is 0.272 e. The number of rotatable bonds is 5. The molecule has 0 spiro atoms. The zero-order valence-electron chi connectivity index (χ0n) is 15.7. The van der Waals surface area contributed by atoms with Crippen LogP contribution >= 0.6 is 0 Å². The van der Waals surface area contributed by atoms with Gasteiger partial charge in [-0.1, -0.05) is 24.3 Å². The van der Waals surface area contributed by atoms with Crippen LogP contribution in [-0.4, -0.2) is 24.7 Å². The Morgan fingerprint density at radius 1 is 1.14 bits per heavy atom. The van der Waals surface area contributed by atoms with Gasteiger partial charge in [-0.2, -0.15) is 4.52 Å². The molecule has 0 aliphatic heterocycles. The van der Waals surface area contributed by atoms with E-state index in [2.05, 4.69) is 20.6 Å². The lowest BCUT2D eigenvalue weighted by atomic mass is 10.0. The Kier molecular flexibility index (Phi) is 4.63. The van der Waals surface area contributed by atoms with E-state index in [1.807, 2.05) is 13.0 Å². The standard InChI is InChI=1S/C20H17FN6O2/c1-12-7-8-14(11-17(12)27(28)29)13(2)22-18-9-10-19-23-24-20(26(19)25-18)15-5-3-4-6-16(15)21/h3-11,13H,1-2H3,(H,22,25). The average molecular weight is 392 g/mol. The first kappa shape index (κ1) is 18.5. The summed E-state index contributed by atoms with van der Waals surface area (Å²) in [7, 11) is 0. The van der Waals surface area contributed by atoms with E-state index in [1.54, 1.807) is 49.4 Å². The van der Waals surface area contributed by atoms with Gasteiger partial charge in [-0.15, -0.1) is 15.3 Å². The molecule has 0 aliphatic carbocycles. The van der Waals surface area contributed by atoms with Crippen molar-refractivity contribution in [1.82, 2.24) is 19.8 Å². The summed E-state index contributed by atoms with van der Waals surface area (Å²) in [4.78, 5) is 10.8. The molecule has 8 nitrogen and oxygen atoms in total. The second kappa shape index (κ2) is 7.27. The van der Waals surface area contributed by atoms with E-state index in [0.29, 0.717) is 28.4 Å². The minimum absolute atomic E-state index is 0.0696. The lowest BCUT2D eigenvalue weighted by Crippen LogP contribution is -2.10. The highest BCUT2D eigenvalue weighted by Crippen LogP contribution is 2.26. The van der Waals surface area contributed by atoms with Gasteiger partial charge < -0.3 is 5.32 Å². The summed E-state index contributed by atoms with van der Waals surface area (Å²) >= 11 is 0.